The summed E-state index contributed by atoms with van der Waals surface area (Å²) in [5, 5.41) is 13.2. The maximum Gasteiger partial charge on any atom is 0.307 e. The molecule has 6 heteroatoms. The van der Waals surface area contributed by atoms with Gasteiger partial charge in [-0.25, -0.2) is 0 Å². The Bertz CT molecular complexity index is 945. The third kappa shape index (κ3) is 3.46. The van der Waals surface area contributed by atoms with Crippen LogP contribution in [0.1, 0.15) is 21.5 Å². The number of hydrogen-bond acceptors (Lipinski definition) is 4. The van der Waals surface area contributed by atoms with Crippen molar-refractivity contribution in [3.05, 3.63) is 64.2 Å². The summed E-state index contributed by atoms with van der Waals surface area (Å²) < 4.78 is 5.38. The van der Waals surface area contributed by atoms with Crippen molar-refractivity contribution in [3.8, 4) is 22.6 Å². The molecule has 0 amide bonds. The Morgan fingerprint density at radius 2 is 1.96 bits per heavy atom. The number of hydrogen-bond donors (Lipinski definition) is 1. The van der Waals surface area contributed by atoms with Crippen molar-refractivity contribution in [1.29, 1.82) is 0 Å². The van der Waals surface area contributed by atoms with Gasteiger partial charge in [-0.2, -0.15) is 0 Å². The van der Waals surface area contributed by atoms with Gasteiger partial charge in [0.25, 0.3) is 0 Å². The summed E-state index contributed by atoms with van der Waals surface area (Å²) >= 11 is 6.26. The fourth-order valence-electron chi connectivity index (χ4n) is 2.55. The van der Waals surface area contributed by atoms with E-state index < -0.39 is 5.97 Å². The highest BCUT2D eigenvalue weighted by Crippen LogP contribution is 2.35. The van der Waals surface area contributed by atoms with Crippen LogP contribution in [0.15, 0.2) is 47.0 Å². The first-order valence-electron chi connectivity index (χ1n) is 7.52. The third-order valence-electron chi connectivity index (χ3n) is 3.80. The number of aryl methyl sites for hydroxylation is 1. The second-order valence-corrected chi connectivity index (χ2v) is 6.05. The molecule has 0 bridgehead atoms. The van der Waals surface area contributed by atoms with Crippen LogP contribution in [0, 0.1) is 6.92 Å². The van der Waals surface area contributed by atoms with Crippen LogP contribution in [0.4, 0.5) is 0 Å². The van der Waals surface area contributed by atoms with Crippen LogP contribution in [0.5, 0.6) is 0 Å². The van der Waals surface area contributed by atoms with Crippen molar-refractivity contribution in [2.45, 2.75) is 13.3 Å². The molecule has 0 spiro atoms. The average Bonchev–Trinajstić information content (AvgIpc) is 2.98. The van der Waals surface area contributed by atoms with Crippen LogP contribution in [0.25, 0.3) is 22.6 Å². The minimum atomic E-state index is -0.944. The van der Waals surface area contributed by atoms with Crippen LogP contribution in [0.3, 0.4) is 0 Å². The van der Waals surface area contributed by atoms with Crippen molar-refractivity contribution in [2.24, 2.45) is 0 Å². The van der Waals surface area contributed by atoms with Crippen LogP contribution in [-0.2, 0) is 11.2 Å². The molecule has 0 unspecified atom stereocenters. The van der Waals surface area contributed by atoms with Crippen LogP contribution in [-0.4, -0.2) is 22.5 Å². The summed E-state index contributed by atoms with van der Waals surface area (Å²) in [5.41, 5.74) is 3.55. The first kappa shape index (κ1) is 16.9. The van der Waals surface area contributed by atoms with Crippen molar-refractivity contribution in [2.75, 3.05) is 0 Å². The molecule has 3 rings (SSSR count). The number of aromatic nitrogens is 1. The van der Waals surface area contributed by atoms with Gasteiger partial charge in [0.05, 0.1) is 17.0 Å². The van der Waals surface area contributed by atoms with Crippen LogP contribution in [0.2, 0.25) is 5.02 Å². The molecule has 3 aromatic rings. The number of rotatable bonds is 5. The van der Waals surface area contributed by atoms with Gasteiger partial charge >= 0.3 is 5.97 Å². The Morgan fingerprint density at radius 3 is 2.56 bits per heavy atom. The number of carboxylic acid groups (broad SMARTS) is 1. The minimum Gasteiger partial charge on any atom is -0.481 e. The second kappa shape index (κ2) is 6.91. The van der Waals surface area contributed by atoms with Crippen molar-refractivity contribution in [3.63, 3.8) is 0 Å². The lowest BCUT2D eigenvalue weighted by Crippen LogP contribution is -2.00. The number of nitrogens with zero attached hydrogens (tertiary/aromatic N) is 1. The van der Waals surface area contributed by atoms with E-state index in [1.807, 2.05) is 31.2 Å². The van der Waals surface area contributed by atoms with Crippen molar-refractivity contribution in [1.82, 2.24) is 5.16 Å². The molecular formula is C19H14ClNO4. The molecule has 1 heterocycles. The lowest BCUT2D eigenvalue weighted by atomic mass is 10.0. The quantitative estimate of drug-likeness (QED) is 0.685. The summed E-state index contributed by atoms with van der Waals surface area (Å²) in [5.74, 6) is -0.573. The van der Waals surface area contributed by atoms with Gasteiger partial charge in [0, 0.05) is 11.1 Å². The van der Waals surface area contributed by atoms with Gasteiger partial charge in [0.1, 0.15) is 5.69 Å². The zero-order chi connectivity index (χ0) is 18.0. The van der Waals surface area contributed by atoms with E-state index in [1.54, 1.807) is 18.2 Å². The highest BCUT2D eigenvalue weighted by Gasteiger charge is 2.20. The Hall–Kier alpha value is -2.92. The fraction of sp³-hybridized carbons (Fsp3) is 0.105. The number of aldehydes is 1. The Morgan fingerprint density at radius 1 is 1.24 bits per heavy atom. The minimum absolute atomic E-state index is 0.131. The lowest BCUT2D eigenvalue weighted by Gasteiger charge is -2.04. The first-order chi connectivity index (χ1) is 12.0. The maximum absolute atomic E-state index is 11.6. The number of carbonyl (C=O) groups excluding carboxylic acids is 1. The molecule has 126 valence electrons. The molecule has 0 saturated carbocycles. The molecule has 0 aliphatic rings. The summed E-state index contributed by atoms with van der Waals surface area (Å²) in [6.45, 7) is 1.97. The van der Waals surface area contributed by atoms with Crippen molar-refractivity contribution < 1.29 is 19.2 Å². The van der Waals surface area contributed by atoms with Gasteiger partial charge in [0.2, 0.25) is 0 Å². The fourth-order valence-corrected chi connectivity index (χ4v) is 2.84. The zero-order valence-corrected chi connectivity index (χ0v) is 14.1. The predicted octanol–water partition coefficient (Wildman–Crippen LogP) is 4.41. The molecule has 0 aliphatic heterocycles. The van der Waals surface area contributed by atoms with E-state index >= 15 is 0 Å². The molecule has 0 aliphatic carbocycles. The molecule has 0 atom stereocenters. The smallest absolute Gasteiger partial charge is 0.307 e. The molecule has 2 aromatic carbocycles. The van der Waals surface area contributed by atoms with Crippen LogP contribution < -0.4 is 0 Å². The Labute approximate surface area is 148 Å². The van der Waals surface area contributed by atoms with E-state index in [4.69, 9.17) is 21.2 Å². The van der Waals surface area contributed by atoms with Gasteiger partial charge < -0.3 is 9.63 Å². The van der Waals surface area contributed by atoms with Gasteiger partial charge in [0.15, 0.2) is 12.0 Å². The zero-order valence-electron chi connectivity index (χ0n) is 13.3. The topological polar surface area (TPSA) is 80.4 Å². The summed E-state index contributed by atoms with van der Waals surface area (Å²) in [6.07, 6.45) is 0.552. The molecule has 5 nitrogen and oxygen atoms in total. The predicted molar refractivity (Wildman–Crippen MR) is 93.8 cm³/mol. The number of benzene rings is 2. The van der Waals surface area contributed by atoms with Gasteiger partial charge in [-0.15, -0.1) is 0 Å². The molecular weight excluding hydrogens is 342 g/mol. The van der Waals surface area contributed by atoms with Gasteiger partial charge in [-0.05, 0) is 18.6 Å². The van der Waals surface area contributed by atoms with E-state index in [0.717, 1.165) is 11.1 Å². The third-order valence-corrected chi connectivity index (χ3v) is 4.12. The molecule has 1 aromatic heterocycles. The lowest BCUT2D eigenvalue weighted by molar-refractivity contribution is -0.136. The summed E-state index contributed by atoms with van der Waals surface area (Å²) in [7, 11) is 0. The van der Waals surface area contributed by atoms with E-state index in [1.165, 1.54) is 0 Å². The summed E-state index contributed by atoms with van der Waals surface area (Å²) in [6, 6.07) is 12.4. The SMILES string of the molecule is Cc1ccc(-c2onc(-c3ccc(CC(=O)O)cc3Cl)c2C=O)cc1. The molecule has 0 radical (unpaired) electrons. The van der Waals surface area contributed by atoms with Gasteiger partial charge in [-0.3, -0.25) is 9.59 Å². The van der Waals surface area contributed by atoms with Gasteiger partial charge in [-0.1, -0.05) is 58.7 Å². The number of aliphatic carboxylic acids is 1. The van der Waals surface area contributed by atoms with Crippen molar-refractivity contribution >= 4 is 23.9 Å². The molecule has 0 fully saturated rings. The Kier molecular flexibility index (Phi) is 4.67. The number of carboxylic acids is 1. The standard InChI is InChI=1S/C19H14ClNO4/c1-11-2-5-13(6-3-11)19-15(10-22)18(21-25-19)14-7-4-12(8-16(14)20)9-17(23)24/h2-8,10H,9H2,1H3,(H,23,24). The summed E-state index contributed by atoms with van der Waals surface area (Å²) in [4.78, 5) is 22.4. The first-order valence-corrected chi connectivity index (χ1v) is 7.90. The van der Waals surface area contributed by atoms with Crippen LogP contribution >= 0.6 is 11.6 Å². The molecule has 1 N–H and O–H groups in total. The normalized spacial score (nSPS) is 10.6. The number of halogens is 1. The maximum atomic E-state index is 11.6. The number of carbonyl (C=O) groups is 2. The molecule has 25 heavy (non-hydrogen) atoms. The van der Waals surface area contributed by atoms with E-state index in [0.29, 0.717) is 39.5 Å². The average molecular weight is 356 g/mol. The second-order valence-electron chi connectivity index (χ2n) is 5.64. The largest absolute Gasteiger partial charge is 0.481 e. The highest BCUT2D eigenvalue weighted by molar-refractivity contribution is 6.33. The molecule has 0 saturated heterocycles. The highest BCUT2D eigenvalue weighted by atomic mass is 35.5. The monoisotopic (exact) mass is 355 g/mol. The van der Waals surface area contributed by atoms with E-state index in [-0.39, 0.29) is 6.42 Å². The van der Waals surface area contributed by atoms with E-state index in [2.05, 4.69) is 5.16 Å². The Balaban J connectivity index is 2.05. The van der Waals surface area contributed by atoms with E-state index in [9.17, 15) is 9.59 Å².